The highest BCUT2D eigenvalue weighted by Gasteiger charge is 2.23. The normalized spacial score (nSPS) is 12.0. The molecule has 0 spiro atoms. The first kappa shape index (κ1) is 18.2. The molecule has 0 radical (unpaired) electrons. The molecule has 1 amide bonds. The van der Waals surface area contributed by atoms with E-state index in [1.54, 1.807) is 23.7 Å². The number of pyridine rings is 1. The summed E-state index contributed by atoms with van der Waals surface area (Å²) in [7, 11) is 3.54. The van der Waals surface area contributed by atoms with Crippen molar-refractivity contribution in [2.75, 3.05) is 20.1 Å². The molecule has 0 fully saturated rings. The molecule has 3 N–H and O–H groups in total. The number of likely N-dealkylation sites (N-methyl/N-ethyl adjacent to an activating group) is 1. The molecule has 7 heteroatoms. The molecule has 0 aliphatic rings. The highest BCUT2D eigenvalue weighted by atomic mass is 16.2. The Labute approximate surface area is 141 Å². The maximum Gasteiger partial charge on any atom is 0.273 e. The van der Waals surface area contributed by atoms with E-state index in [1.807, 2.05) is 27.7 Å². The third-order valence-electron chi connectivity index (χ3n) is 4.55. The highest BCUT2D eigenvalue weighted by molar-refractivity contribution is 5.84. The lowest BCUT2D eigenvalue weighted by Crippen LogP contribution is -2.40. The molecule has 0 unspecified atom stereocenters. The first-order valence-corrected chi connectivity index (χ1v) is 8.06. The van der Waals surface area contributed by atoms with Crippen LogP contribution >= 0.6 is 0 Å². The first-order valence-electron chi connectivity index (χ1n) is 8.06. The molecule has 132 valence electrons. The van der Waals surface area contributed by atoms with E-state index in [4.69, 9.17) is 5.73 Å². The SMILES string of the molecule is Cc1nc2c(c(C)c1CC(=O)N(C)CC(C)(C)CN)c(=O)[nH]n2C. The fourth-order valence-corrected chi connectivity index (χ4v) is 2.99. The fraction of sp³-hybridized carbons (Fsp3) is 0.588. The van der Waals surface area contributed by atoms with E-state index in [2.05, 4.69) is 10.1 Å². The van der Waals surface area contributed by atoms with Crippen molar-refractivity contribution in [1.82, 2.24) is 19.7 Å². The summed E-state index contributed by atoms with van der Waals surface area (Å²) < 4.78 is 1.61. The Kier molecular flexibility index (Phi) is 4.85. The number of nitrogens with one attached hydrogen (secondary N) is 1. The monoisotopic (exact) mass is 333 g/mol. The van der Waals surface area contributed by atoms with Crippen LogP contribution in [0.5, 0.6) is 0 Å². The molecule has 24 heavy (non-hydrogen) atoms. The Morgan fingerprint density at radius 3 is 2.58 bits per heavy atom. The van der Waals surface area contributed by atoms with Gasteiger partial charge in [-0.25, -0.2) is 4.98 Å². The Bertz CT molecular complexity index is 832. The Hall–Kier alpha value is -2.15. The van der Waals surface area contributed by atoms with Gasteiger partial charge in [0.15, 0.2) is 5.65 Å². The van der Waals surface area contributed by atoms with Crippen LogP contribution in [-0.2, 0) is 18.3 Å². The number of aromatic amines is 1. The van der Waals surface area contributed by atoms with Crippen LogP contribution in [0.15, 0.2) is 4.79 Å². The summed E-state index contributed by atoms with van der Waals surface area (Å²) in [5.41, 5.74) is 8.47. The Balaban J connectivity index is 2.35. The number of rotatable bonds is 5. The van der Waals surface area contributed by atoms with Gasteiger partial charge in [-0.2, -0.15) is 0 Å². The summed E-state index contributed by atoms with van der Waals surface area (Å²) >= 11 is 0. The summed E-state index contributed by atoms with van der Waals surface area (Å²) in [5, 5.41) is 3.27. The van der Waals surface area contributed by atoms with Gasteiger partial charge in [0.05, 0.1) is 11.8 Å². The summed E-state index contributed by atoms with van der Waals surface area (Å²) in [6.45, 7) is 8.90. The van der Waals surface area contributed by atoms with Gasteiger partial charge in [0.1, 0.15) is 0 Å². The average molecular weight is 333 g/mol. The van der Waals surface area contributed by atoms with Crippen LogP contribution < -0.4 is 11.3 Å². The van der Waals surface area contributed by atoms with E-state index in [1.165, 1.54) is 0 Å². The molecule has 0 aromatic carbocycles. The van der Waals surface area contributed by atoms with Gasteiger partial charge < -0.3 is 10.6 Å². The lowest BCUT2D eigenvalue weighted by Gasteiger charge is -2.29. The predicted octanol–water partition coefficient (Wildman–Crippen LogP) is 0.864. The summed E-state index contributed by atoms with van der Waals surface area (Å²) in [4.78, 5) is 30.9. The van der Waals surface area contributed by atoms with Crippen LogP contribution in [0, 0.1) is 19.3 Å². The van der Waals surface area contributed by atoms with Gasteiger partial charge in [-0.1, -0.05) is 13.8 Å². The number of nitrogens with two attached hydrogens (primary N) is 1. The van der Waals surface area contributed by atoms with Crippen molar-refractivity contribution in [3.63, 3.8) is 0 Å². The number of amides is 1. The van der Waals surface area contributed by atoms with E-state index >= 15 is 0 Å². The van der Waals surface area contributed by atoms with E-state index in [0.717, 1.165) is 16.8 Å². The molecule has 2 aromatic heterocycles. The Morgan fingerprint density at radius 2 is 2.00 bits per heavy atom. The van der Waals surface area contributed by atoms with Gasteiger partial charge in [0.25, 0.3) is 5.56 Å². The van der Waals surface area contributed by atoms with Crippen LogP contribution in [0.3, 0.4) is 0 Å². The molecule has 2 heterocycles. The average Bonchev–Trinajstić information content (AvgIpc) is 2.77. The zero-order valence-electron chi connectivity index (χ0n) is 15.4. The lowest BCUT2D eigenvalue weighted by atomic mass is 9.93. The van der Waals surface area contributed by atoms with Crippen molar-refractivity contribution in [1.29, 1.82) is 0 Å². The van der Waals surface area contributed by atoms with Gasteiger partial charge in [-0.3, -0.25) is 19.4 Å². The van der Waals surface area contributed by atoms with Crippen molar-refractivity contribution in [2.45, 2.75) is 34.1 Å². The van der Waals surface area contributed by atoms with Crippen molar-refractivity contribution >= 4 is 16.9 Å². The minimum atomic E-state index is -0.177. The number of hydrogen-bond acceptors (Lipinski definition) is 4. The van der Waals surface area contributed by atoms with E-state index < -0.39 is 0 Å². The lowest BCUT2D eigenvalue weighted by molar-refractivity contribution is -0.130. The second kappa shape index (κ2) is 6.39. The number of carbonyl (C=O) groups excluding carboxylic acids is 1. The zero-order chi connectivity index (χ0) is 18.2. The second-order valence-electron chi connectivity index (χ2n) is 7.29. The van der Waals surface area contributed by atoms with Crippen LogP contribution in [0.4, 0.5) is 0 Å². The molecule has 0 saturated carbocycles. The summed E-state index contributed by atoms with van der Waals surface area (Å²) in [6.07, 6.45) is 0.228. The number of H-pyrrole nitrogens is 1. The van der Waals surface area contributed by atoms with Gasteiger partial charge in [0.2, 0.25) is 5.91 Å². The minimum Gasteiger partial charge on any atom is -0.345 e. The van der Waals surface area contributed by atoms with Gasteiger partial charge in [-0.15, -0.1) is 0 Å². The fourth-order valence-electron chi connectivity index (χ4n) is 2.99. The third kappa shape index (κ3) is 3.36. The second-order valence-corrected chi connectivity index (χ2v) is 7.29. The molecule has 0 bridgehead atoms. The van der Waals surface area contributed by atoms with Gasteiger partial charge >= 0.3 is 0 Å². The van der Waals surface area contributed by atoms with E-state index in [-0.39, 0.29) is 23.3 Å². The van der Waals surface area contributed by atoms with Crippen LogP contribution in [0.1, 0.15) is 30.7 Å². The molecule has 7 nitrogen and oxygen atoms in total. The number of aromatic nitrogens is 3. The standard InChI is InChI=1S/C17H27N5O2/c1-10-12(7-13(23)21(5)9-17(3,4)8-18)11(2)19-15-14(10)16(24)20-22(15)6/h7-9,18H2,1-6H3,(H,20,24). The van der Waals surface area contributed by atoms with E-state index in [0.29, 0.717) is 24.1 Å². The number of fused-ring (bicyclic) bond motifs is 1. The smallest absolute Gasteiger partial charge is 0.273 e. The largest absolute Gasteiger partial charge is 0.345 e. The molecular formula is C17H27N5O2. The molecular weight excluding hydrogens is 306 g/mol. The van der Waals surface area contributed by atoms with Crippen LogP contribution in [0.25, 0.3) is 11.0 Å². The minimum absolute atomic E-state index is 0.00349. The van der Waals surface area contributed by atoms with Crippen molar-refractivity contribution in [3.05, 3.63) is 27.2 Å². The van der Waals surface area contributed by atoms with Gasteiger partial charge in [-0.05, 0) is 36.9 Å². The molecule has 2 rings (SSSR count). The van der Waals surface area contributed by atoms with Crippen LogP contribution in [-0.4, -0.2) is 45.7 Å². The molecule has 0 saturated heterocycles. The van der Waals surface area contributed by atoms with E-state index in [9.17, 15) is 9.59 Å². The number of aryl methyl sites for hydroxylation is 3. The first-order chi connectivity index (χ1) is 11.1. The van der Waals surface area contributed by atoms with Crippen molar-refractivity contribution < 1.29 is 4.79 Å². The van der Waals surface area contributed by atoms with Gasteiger partial charge in [0, 0.05) is 26.3 Å². The predicted molar refractivity (Wildman–Crippen MR) is 95.0 cm³/mol. The van der Waals surface area contributed by atoms with Crippen molar-refractivity contribution in [3.8, 4) is 0 Å². The molecule has 2 aromatic rings. The third-order valence-corrected chi connectivity index (χ3v) is 4.55. The Morgan fingerprint density at radius 1 is 1.38 bits per heavy atom. The maximum absolute atomic E-state index is 12.6. The number of carbonyl (C=O) groups is 1. The number of hydrogen-bond donors (Lipinski definition) is 2. The molecule has 0 aliphatic heterocycles. The van der Waals surface area contributed by atoms with Crippen molar-refractivity contribution in [2.24, 2.45) is 18.2 Å². The quantitative estimate of drug-likeness (QED) is 0.848. The molecule has 0 atom stereocenters. The highest BCUT2D eigenvalue weighted by Crippen LogP contribution is 2.21. The maximum atomic E-state index is 12.6. The topological polar surface area (TPSA) is 97.0 Å². The number of nitrogens with zero attached hydrogens (tertiary/aromatic N) is 3. The summed E-state index contributed by atoms with van der Waals surface area (Å²) in [5.74, 6) is -0.00349. The van der Waals surface area contributed by atoms with Crippen LogP contribution in [0.2, 0.25) is 0 Å². The zero-order valence-corrected chi connectivity index (χ0v) is 15.4. The summed E-state index contributed by atoms with van der Waals surface area (Å²) in [6, 6.07) is 0. The molecule has 0 aliphatic carbocycles.